The van der Waals surface area contributed by atoms with E-state index in [0.29, 0.717) is 11.3 Å². The molecule has 3 rings (SSSR count). The molecule has 2 aromatic carbocycles. The van der Waals surface area contributed by atoms with E-state index >= 15 is 0 Å². The molecule has 6 nitrogen and oxygen atoms in total. The fourth-order valence-corrected chi connectivity index (χ4v) is 5.26. The zero-order valence-corrected chi connectivity index (χ0v) is 19.3. The lowest BCUT2D eigenvalue weighted by Gasteiger charge is -2.23. The van der Waals surface area contributed by atoms with E-state index in [4.69, 9.17) is 4.74 Å². The van der Waals surface area contributed by atoms with Crippen molar-refractivity contribution in [2.24, 2.45) is 0 Å². The van der Waals surface area contributed by atoms with Gasteiger partial charge in [-0.2, -0.15) is 0 Å². The number of fused-ring (bicyclic) bond motifs is 1. The van der Waals surface area contributed by atoms with Crippen LogP contribution in [0.4, 0.5) is 5.69 Å². The van der Waals surface area contributed by atoms with Gasteiger partial charge in [0.2, 0.25) is 10.0 Å². The Morgan fingerprint density at radius 3 is 2.66 bits per heavy atom. The van der Waals surface area contributed by atoms with Crippen LogP contribution in [0.15, 0.2) is 45.8 Å². The van der Waals surface area contributed by atoms with Crippen LogP contribution >= 0.6 is 15.9 Å². The topological polar surface area (TPSA) is 75.7 Å². The SMILES string of the molecule is Cc1cc(S(=O)(=O)NC(C)C)ccc1OCC(=O)N1c2ccc(Br)cc2C[C@@H]1C. The van der Waals surface area contributed by atoms with Crippen LogP contribution in [-0.2, 0) is 21.2 Å². The third kappa shape index (κ3) is 4.82. The molecule has 0 fully saturated rings. The quantitative estimate of drug-likeness (QED) is 0.681. The molecule has 0 aromatic heterocycles. The maximum Gasteiger partial charge on any atom is 0.265 e. The van der Waals surface area contributed by atoms with Gasteiger partial charge in [-0.15, -0.1) is 0 Å². The van der Waals surface area contributed by atoms with Crippen LogP contribution in [0, 0.1) is 6.92 Å². The molecule has 1 heterocycles. The summed E-state index contributed by atoms with van der Waals surface area (Å²) in [6, 6.07) is 10.4. The number of halogens is 1. The smallest absolute Gasteiger partial charge is 0.265 e. The Hall–Kier alpha value is -1.90. The standard InChI is InChI=1S/C21H25BrN2O4S/c1-13(2)23-29(26,27)18-6-8-20(14(3)9-18)28-12-21(25)24-15(4)10-16-11-17(22)5-7-19(16)24/h5-9,11,13,15,23H,10,12H2,1-4H3/t15-/m0/s1. The molecule has 0 aliphatic carbocycles. The zero-order chi connectivity index (χ0) is 21.3. The first-order valence-electron chi connectivity index (χ1n) is 9.45. The van der Waals surface area contributed by atoms with Gasteiger partial charge in [-0.1, -0.05) is 15.9 Å². The third-order valence-corrected chi connectivity index (χ3v) is 6.87. The molecule has 0 saturated carbocycles. The number of sulfonamides is 1. The first kappa shape index (κ1) is 21.8. The average Bonchev–Trinajstić information content (AvgIpc) is 2.94. The fourth-order valence-electron chi connectivity index (χ4n) is 3.52. The molecule has 1 amide bonds. The minimum absolute atomic E-state index is 0.0612. The van der Waals surface area contributed by atoms with E-state index in [1.807, 2.05) is 25.1 Å². The molecule has 0 unspecified atom stereocenters. The highest BCUT2D eigenvalue weighted by Gasteiger charge is 2.31. The summed E-state index contributed by atoms with van der Waals surface area (Å²) in [7, 11) is -3.57. The van der Waals surface area contributed by atoms with Gasteiger partial charge >= 0.3 is 0 Å². The fraction of sp³-hybridized carbons (Fsp3) is 0.381. The molecule has 1 aliphatic heterocycles. The second-order valence-electron chi connectivity index (χ2n) is 7.58. The van der Waals surface area contributed by atoms with E-state index in [9.17, 15) is 13.2 Å². The molecule has 0 saturated heterocycles. The Balaban J connectivity index is 1.71. The maximum atomic E-state index is 12.8. The summed E-state index contributed by atoms with van der Waals surface area (Å²) < 4.78 is 33.9. The lowest BCUT2D eigenvalue weighted by Crippen LogP contribution is -2.39. The van der Waals surface area contributed by atoms with Crippen molar-refractivity contribution in [2.75, 3.05) is 11.5 Å². The molecule has 1 atom stereocenters. The van der Waals surface area contributed by atoms with Crippen molar-refractivity contribution in [3.8, 4) is 5.75 Å². The number of anilines is 1. The summed E-state index contributed by atoms with van der Waals surface area (Å²) in [4.78, 5) is 14.8. The molecule has 0 bridgehead atoms. The number of hydrogen-bond donors (Lipinski definition) is 1. The molecule has 8 heteroatoms. The number of nitrogens with one attached hydrogen (secondary N) is 1. The summed E-state index contributed by atoms with van der Waals surface area (Å²) in [6.45, 7) is 7.20. The Morgan fingerprint density at radius 2 is 2.00 bits per heavy atom. The minimum Gasteiger partial charge on any atom is -0.483 e. The van der Waals surface area contributed by atoms with Crippen molar-refractivity contribution in [3.05, 3.63) is 52.0 Å². The van der Waals surface area contributed by atoms with Crippen molar-refractivity contribution in [1.82, 2.24) is 4.72 Å². The van der Waals surface area contributed by atoms with Crippen LogP contribution in [0.25, 0.3) is 0 Å². The summed E-state index contributed by atoms with van der Waals surface area (Å²) >= 11 is 3.47. The van der Waals surface area contributed by atoms with Gasteiger partial charge in [0.25, 0.3) is 5.91 Å². The number of benzene rings is 2. The number of nitrogens with zero attached hydrogens (tertiary/aromatic N) is 1. The van der Waals surface area contributed by atoms with Crippen molar-refractivity contribution in [1.29, 1.82) is 0 Å². The monoisotopic (exact) mass is 480 g/mol. The van der Waals surface area contributed by atoms with Gasteiger partial charge in [-0.25, -0.2) is 13.1 Å². The van der Waals surface area contributed by atoms with E-state index < -0.39 is 10.0 Å². The van der Waals surface area contributed by atoms with Crippen LogP contribution in [0.2, 0.25) is 0 Å². The number of carbonyl (C=O) groups is 1. The zero-order valence-electron chi connectivity index (χ0n) is 16.9. The maximum absolute atomic E-state index is 12.8. The van der Waals surface area contributed by atoms with E-state index in [1.165, 1.54) is 6.07 Å². The highest BCUT2D eigenvalue weighted by molar-refractivity contribution is 9.10. The van der Waals surface area contributed by atoms with E-state index in [0.717, 1.165) is 22.1 Å². The lowest BCUT2D eigenvalue weighted by molar-refractivity contribution is -0.120. The number of ether oxygens (including phenoxy) is 1. The molecule has 1 N–H and O–H groups in total. The van der Waals surface area contributed by atoms with Crippen molar-refractivity contribution < 1.29 is 17.9 Å². The molecule has 0 spiro atoms. The molecular formula is C21H25BrN2O4S. The summed E-state index contributed by atoms with van der Waals surface area (Å²) in [5.74, 6) is 0.362. The number of amides is 1. The van der Waals surface area contributed by atoms with Crippen molar-refractivity contribution in [2.45, 2.75) is 51.1 Å². The van der Waals surface area contributed by atoms with Gasteiger partial charge in [0, 0.05) is 22.2 Å². The Bertz CT molecular complexity index is 1040. The third-order valence-electron chi connectivity index (χ3n) is 4.72. The molecule has 156 valence electrons. The number of hydrogen-bond acceptors (Lipinski definition) is 4. The number of aryl methyl sites for hydroxylation is 1. The first-order valence-corrected chi connectivity index (χ1v) is 11.7. The van der Waals surface area contributed by atoms with Crippen LogP contribution in [0.3, 0.4) is 0 Å². The Labute approximate surface area is 180 Å². The van der Waals surface area contributed by atoms with Crippen molar-refractivity contribution >= 4 is 37.5 Å². The highest BCUT2D eigenvalue weighted by atomic mass is 79.9. The second-order valence-corrected chi connectivity index (χ2v) is 10.2. The normalized spacial score (nSPS) is 16.2. The molecular weight excluding hydrogens is 456 g/mol. The van der Waals surface area contributed by atoms with Crippen LogP contribution in [0.5, 0.6) is 5.75 Å². The Kier molecular flexibility index (Phi) is 6.36. The van der Waals surface area contributed by atoms with Crippen LogP contribution in [0.1, 0.15) is 31.9 Å². The lowest BCUT2D eigenvalue weighted by atomic mass is 10.1. The van der Waals surface area contributed by atoms with Gasteiger partial charge in [0.05, 0.1) is 4.90 Å². The van der Waals surface area contributed by atoms with Crippen LogP contribution < -0.4 is 14.4 Å². The molecule has 29 heavy (non-hydrogen) atoms. The molecule has 2 aromatic rings. The number of carbonyl (C=O) groups excluding carboxylic acids is 1. The van der Waals surface area contributed by atoms with Gasteiger partial charge < -0.3 is 9.64 Å². The van der Waals surface area contributed by atoms with Crippen LogP contribution in [-0.4, -0.2) is 33.0 Å². The summed E-state index contributed by atoms with van der Waals surface area (Å²) in [5.41, 5.74) is 2.69. The van der Waals surface area contributed by atoms with Crippen molar-refractivity contribution in [3.63, 3.8) is 0 Å². The second kappa shape index (κ2) is 8.45. The highest BCUT2D eigenvalue weighted by Crippen LogP contribution is 2.34. The predicted molar refractivity (Wildman–Crippen MR) is 117 cm³/mol. The summed E-state index contributed by atoms with van der Waals surface area (Å²) in [5, 5.41) is 0. The minimum atomic E-state index is -3.57. The molecule has 0 radical (unpaired) electrons. The molecule has 1 aliphatic rings. The van der Waals surface area contributed by atoms with Gasteiger partial charge in [0.15, 0.2) is 6.61 Å². The Morgan fingerprint density at radius 1 is 1.28 bits per heavy atom. The van der Waals surface area contributed by atoms with E-state index in [-0.39, 0.29) is 29.5 Å². The van der Waals surface area contributed by atoms with E-state index in [2.05, 4.69) is 20.7 Å². The predicted octanol–water partition coefficient (Wildman–Crippen LogP) is 3.80. The average molecular weight is 481 g/mol. The van der Waals surface area contributed by atoms with Gasteiger partial charge in [0.1, 0.15) is 5.75 Å². The van der Waals surface area contributed by atoms with Gasteiger partial charge in [-0.3, -0.25) is 4.79 Å². The number of rotatable bonds is 6. The first-order chi connectivity index (χ1) is 13.6. The van der Waals surface area contributed by atoms with Gasteiger partial charge in [-0.05, 0) is 81.6 Å². The summed E-state index contributed by atoms with van der Waals surface area (Å²) in [6.07, 6.45) is 0.801. The van der Waals surface area contributed by atoms with E-state index in [1.54, 1.807) is 37.8 Å². The largest absolute Gasteiger partial charge is 0.483 e.